The van der Waals surface area contributed by atoms with Crippen molar-refractivity contribution in [1.29, 1.82) is 0 Å². The van der Waals surface area contributed by atoms with E-state index in [1.165, 1.54) is 44.0 Å². The van der Waals surface area contributed by atoms with Crippen LogP contribution in [0.15, 0.2) is 35.7 Å². The number of aromatic amines is 1. The fourth-order valence-corrected chi connectivity index (χ4v) is 3.94. The lowest BCUT2D eigenvalue weighted by Gasteiger charge is -2.23. The Morgan fingerprint density at radius 2 is 2.00 bits per heavy atom. The first kappa shape index (κ1) is 18.8. The number of imidazole rings is 1. The van der Waals surface area contributed by atoms with Crippen molar-refractivity contribution in [3.63, 3.8) is 0 Å². The molecule has 2 heterocycles. The molecular formula is C18H22N6O3S. The number of hydrogen-bond acceptors (Lipinski definition) is 7. The van der Waals surface area contributed by atoms with E-state index in [4.69, 9.17) is 9.88 Å². The lowest BCUT2D eigenvalue weighted by atomic mass is 9.98. The minimum absolute atomic E-state index is 0.0197. The zero-order chi connectivity index (χ0) is 19.6. The molecule has 0 atom stereocenters. The van der Waals surface area contributed by atoms with Crippen LogP contribution < -0.4 is 10.5 Å². The van der Waals surface area contributed by atoms with Gasteiger partial charge in [-0.25, -0.2) is 28.5 Å². The molecule has 1 aliphatic carbocycles. The van der Waals surface area contributed by atoms with Crippen LogP contribution in [-0.2, 0) is 21.4 Å². The molecule has 0 unspecified atom stereocenters. The highest BCUT2D eigenvalue weighted by molar-refractivity contribution is 7.89. The molecule has 2 aromatic heterocycles. The van der Waals surface area contributed by atoms with Gasteiger partial charge >= 0.3 is 0 Å². The van der Waals surface area contributed by atoms with Crippen LogP contribution >= 0.6 is 0 Å². The molecule has 0 amide bonds. The molecule has 1 fully saturated rings. The molecule has 0 radical (unpaired) electrons. The summed E-state index contributed by atoms with van der Waals surface area (Å²) >= 11 is 0. The number of benzene rings is 1. The monoisotopic (exact) mass is 402 g/mol. The SMILES string of the molecule is NS(=O)(=O)c1ccc(COC2CCCCC2)c(Nc2ncnc3nc[nH]c23)c1. The number of nitrogens with zero attached hydrogens (tertiary/aromatic N) is 3. The van der Waals surface area contributed by atoms with Gasteiger partial charge in [-0.3, -0.25) is 0 Å². The smallest absolute Gasteiger partial charge is 0.238 e. The Balaban J connectivity index is 1.64. The predicted molar refractivity (Wildman–Crippen MR) is 104 cm³/mol. The second-order valence-corrected chi connectivity index (χ2v) is 8.44. The van der Waals surface area contributed by atoms with Crippen molar-refractivity contribution in [3.8, 4) is 0 Å². The van der Waals surface area contributed by atoms with Crippen molar-refractivity contribution in [2.75, 3.05) is 5.32 Å². The van der Waals surface area contributed by atoms with Crippen molar-refractivity contribution in [3.05, 3.63) is 36.4 Å². The standard InChI is InChI=1S/C18H22N6O3S/c19-28(25,26)14-7-6-12(9-27-13-4-2-1-3-5-13)15(8-14)24-18-16-17(21-10-20-16)22-11-23-18/h6-8,10-11,13H,1-5,9H2,(H2,19,25,26)(H2,20,21,22,23,24). The number of nitrogens with one attached hydrogen (secondary N) is 2. The first-order chi connectivity index (χ1) is 13.5. The van der Waals surface area contributed by atoms with Gasteiger partial charge in [0.05, 0.1) is 23.9 Å². The zero-order valence-corrected chi connectivity index (χ0v) is 16.1. The fourth-order valence-electron chi connectivity index (χ4n) is 3.40. The molecule has 1 saturated carbocycles. The van der Waals surface area contributed by atoms with E-state index in [1.807, 2.05) is 0 Å². The molecule has 148 valence electrons. The molecule has 0 spiro atoms. The summed E-state index contributed by atoms with van der Waals surface area (Å²) in [6.07, 6.45) is 8.88. The van der Waals surface area contributed by atoms with Gasteiger partial charge in [-0.1, -0.05) is 25.3 Å². The van der Waals surface area contributed by atoms with E-state index < -0.39 is 10.0 Å². The second-order valence-electron chi connectivity index (χ2n) is 6.88. The van der Waals surface area contributed by atoms with Gasteiger partial charge in [-0.15, -0.1) is 0 Å². The van der Waals surface area contributed by atoms with Gasteiger partial charge in [-0.05, 0) is 25.0 Å². The first-order valence-electron chi connectivity index (χ1n) is 9.19. The largest absolute Gasteiger partial charge is 0.373 e. The van der Waals surface area contributed by atoms with E-state index in [9.17, 15) is 8.42 Å². The molecule has 0 bridgehead atoms. The summed E-state index contributed by atoms with van der Waals surface area (Å²) in [6, 6.07) is 4.71. The van der Waals surface area contributed by atoms with Crippen LogP contribution in [0.3, 0.4) is 0 Å². The van der Waals surface area contributed by atoms with E-state index in [1.54, 1.807) is 6.07 Å². The predicted octanol–water partition coefficient (Wildman–Crippen LogP) is 2.59. The van der Waals surface area contributed by atoms with Crippen molar-refractivity contribution in [1.82, 2.24) is 19.9 Å². The van der Waals surface area contributed by atoms with E-state index in [-0.39, 0.29) is 11.0 Å². The highest BCUT2D eigenvalue weighted by atomic mass is 32.2. The van der Waals surface area contributed by atoms with Gasteiger partial charge < -0.3 is 15.0 Å². The quantitative estimate of drug-likeness (QED) is 0.576. The topological polar surface area (TPSA) is 136 Å². The third-order valence-corrected chi connectivity index (χ3v) is 5.82. The molecular weight excluding hydrogens is 380 g/mol. The van der Waals surface area contributed by atoms with Crippen LogP contribution in [0.2, 0.25) is 0 Å². The molecule has 3 aromatic rings. The number of H-pyrrole nitrogens is 1. The third kappa shape index (κ3) is 4.13. The minimum Gasteiger partial charge on any atom is -0.373 e. The maximum atomic E-state index is 11.8. The lowest BCUT2D eigenvalue weighted by Crippen LogP contribution is -2.17. The zero-order valence-electron chi connectivity index (χ0n) is 15.3. The number of fused-ring (bicyclic) bond motifs is 1. The van der Waals surface area contributed by atoms with Gasteiger partial charge in [0.15, 0.2) is 11.5 Å². The van der Waals surface area contributed by atoms with E-state index in [2.05, 4.69) is 25.3 Å². The van der Waals surface area contributed by atoms with Crippen LogP contribution in [0.4, 0.5) is 11.5 Å². The van der Waals surface area contributed by atoms with Crippen molar-refractivity contribution in [2.45, 2.75) is 49.7 Å². The number of nitrogens with two attached hydrogens (primary N) is 1. The van der Waals surface area contributed by atoms with Crippen molar-refractivity contribution >= 4 is 32.7 Å². The number of primary sulfonamides is 1. The van der Waals surface area contributed by atoms with E-state index >= 15 is 0 Å². The Kier molecular flexibility index (Phi) is 5.25. The Morgan fingerprint density at radius 3 is 2.79 bits per heavy atom. The molecule has 1 aromatic carbocycles. The summed E-state index contributed by atoms with van der Waals surface area (Å²) in [7, 11) is -3.84. The second kappa shape index (κ2) is 7.82. The van der Waals surface area contributed by atoms with Crippen LogP contribution in [0.1, 0.15) is 37.7 Å². The van der Waals surface area contributed by atoms with Crippen LogP contribution in [0.5, 0.6) is 0 Å². The maximum absolute atomic E-state index is 11.8. The molecule has 0 aliphatic heterocycles. The van der Waals surface area contributed by atoms with E-state index in [0.717, 1.165) is 18.4 Å². The van der Waals surface area contributed by atoms with Crippen LogP contribution in [0.25, 0.3) is 11.2 Å². The van der Waals surface area contributed by atoms with Gasteiger partial charge in [0.25, 0.3) is 0 Å². The normalized spacial score (nSPS) is 15.8. The number of aromatic nitrogens is 4. The summed E-state index contributed by atoms with van der Waals surface area (Å²) in [5.74, 6) is 0.494. The number of hydrogen-bond donors (Lipinski definition) is 3. The molecule has 10 heteroatoms. The van der Waals surface area contributed by atoms with Crippen molar-refractivity contribution in [2.24, 2.45) is 5.14 Å². The van der Waals surface area contributed by atoms with Crippen LogP contribution in [0, 0.1) is 0 Å². The lowest BCUT2D eigenvalue weighted by molar-refractivity contribution is 0.0171. The first-order valence-corrected chi connectivity index (χ1v) is 10.7. The molecule has 4 N–H and O–H groups in total. The fraction of sp³-hybridized carbons (Fsp3) is 0.389. The third-order valence-electron chi connectivity index (χ3n) is 4.91. The Morgan fingerprint density at radius 1 is 1.18 bits per heavy atom. The van der Waals surface area contributed by atoms with Crippen LogP contribution in [-0.4, -0.2) is 34.5 Å². The maximum Gasteiger partial charge on any atom is 0.238 e. The highest BCUT2D eigenvalue weighted by Crippen LogP contribution is 2.28. The minimum atomic E-state index is -3.84. The Hall–Kier alpha value is -2.56. The Labute approximate surface area is 162 Å². The molecule has 1 aliphatic rings. The summed E-state index contributed by atoms with van der Waals surface area (Å²) in [4.78, 5) is 15.4. The summed E-state index contributed by atoms with van der Waals surface area (Å²) in [6.45, 7) is 0.370. The summed E-state index contributed by atoms with van der Waals surface area (Å²) in [5, 5.41) is 8.48. The molecule has 0 saturated heterocycles. The summed E-state index contributed by atoms with van der Waals surface area (Å²) < 4.78 is 29.7. The number of rotatable bonds is 6. The average molecular weight is 402 g/mol. The molecule has 9 nitrogen and oxygen atoms in total. The van der Waals surface area contributed by atoms with E-state index in [0.29, 0.717) is 29.3 Å². The Bertz CT molecular complexity index is 1080. The van der Waals surface area contributed by atoms with Crippen molar-refractivity contribution < 1.29 is 13.2 Å². The van der Waals surface area contributed by atoms with Gasteiger partial charge in [0, 0.05) is 11.3 Å². The number of anilines is 2. The molecule has 4 rings (SSSR count). The average Bonchev–Trinajstić information content (AvgIpc) is 3.17. The van der Waals surface area contributed by atoms with Gasteiger partial charge in [0.2, 0.25) is 10.0 Å². The van der Waals surface area contributed by atoms with Gasteiger partial charge in [-0.2, -0.15) is 0 Å². The number of ether oxygens (including phenoxy) is 1. The van der Waals surface area contributed by atoms with Gasteiger partial charge in [0.1, 0.15) is 11.8 Å². The number of sulfonamides is 1. The molecule has 28 heavy (non-hydrogen) atoms. The highest BCUT2D eigenvalue weighted by Gasteiger charge is 2.17. The summed E-state index contributed by atoms with van der Waals surface area (Å²) in [5.41, 5.74) is 2.53.